The van der Waals surface area contributed by atoms with Gasteiger partial charge in [-0.3, -0.25) is 19.1 Å². The Hall–Kier alpha value is -5.49. The third-order valence-corrected chi connectivity index (χ3v) is 15.8. The van der Waals surface area contributed by atoms with Crippen LogP contribution < -0.4 is 22.2 Å². The van der Waals surface area contributed by atoms with Gasteiger partial charge in [-0.2, -0.15) is 0 Å². The van der Waals surface area contributed by atoms with Crippen molar-refractivity contribution in [2.24, 2.45) is 52.2 Å². The number of Topliss-reactive ketones (excluding diaryl/α,β-unsaturated/α-hetero) is 2. The number of aliphatic imine (C=N–C) groups is 2. The van der Waals surface area contributed by atoms with Gasteiger partial charge in [-0.1, -0.05) is 56.4 Å². The maximum Gasteiger partial charge on any atom is 0.488 e. The molecule has 0 amide bonds. The highest BCUT2D eigenvalue weighted by Gasteiger charge is 2.44. The Morgan fingerprint density at radius 3 is 1.86 bits per heavy atom. The largest absolute Gasteiger partial charge is 0.488 e. The van der Waals surface area contributed by atoms with Crippen LogP contribution in [0.25, 0.3) is 21.8 Å². The Bertz CT molecular complexity index is 2530. The molecule has 6 N–H and O–H groups in total. The number of likely N-dealkylation sites (tertiary alicyclic amines) is 2. The van der Waals surface area contributed by atoms with Gasteiger partial charge in [0, 0.05) is 118 Å². The van der Waals surface area contributed by atoms with Crippen molar-refractivity contribution >= 4 is 45.3 Å². The molecule has 376 valence electrons. The smallest absolute Gasteiger partial charge is 0.370 e. The van der Waals surface area contributed by atoms with E-state index < -0.39 is 11.3 Å². The lowest BCUT2D eigenvalue weighted by Crippen LogP contribution is -2.49. The predicted octanol–water partition coefficient (Wildman–Crippen LogP) is 7.38. The number of nitrogens with one attached hydrogen (secondary N) is 2. The number of nitro groups is 1. The molecule has 2 aromatic heterocycles. The molecule has 2 fully saturated rings. The number of rotatable bonds is 17. The predicted molar refractivity (Wildman–Crippen MR) is 266 cm³/mol. The van der Waals surface area contributed by atoms with Crippen LogP contribution in [-0.4, -0.2) is 107 Å². The monoisotopic (exact) mass is 960 g/mol. The summed E-state index contributed by atoms with van der Waals surface area (Å²) in [6.45, 7) is 6.86. The van der Waals surface area contributed by atoms with Gasteiger partial charge in [0.15, 0.2) is 11.0 Å². The summed E-state index contributed by atoms with van der Waals surface area (Å²) < 4.78 is 43.6. The number of hydrogen-bond acceptors (Lipinski definition) is 8. The molecule has 0 bridgehead atoms. The van der Waals surface area contributed by atoms with Crippen LogP contribution in [0.1, 0.15) is 112 Å². The Labute approximate surface area is 403 Å². The van der Waals surface area contributed by atoms with Gasteiger partial charge in [0.05, 0.1) is 5.52 Å². The maximum absolute atomic E-state index is 13.7. The molecule has 0 radical (unpaired) electrons. The highest BCUT2D eigenvalue weighted by Crippen LogP contribution is 2.48. The first-order chi connectivity index (χ1) is 32.9. The fourth-order valence-corrected chi connectivity index (χ4v) is 12.1. The number of alkyl halides is 3. The van der Waals surface area contributed by atoms with Crippen molar-refractivity contribution in [1.29, 1.82) is 0 Å². The minimum Gasteiger partial charge on any atom is -0.370 e. The van der Waals surface area contributed by atoms with Gasteiger partial charge in [-0.15, -0.1) is 13.2 Å². The highest BCUT2D eigenvalue weighted by atomic mass is 19.4. The second kappa shape index (κ2) is 22.1. The minimum atomic E-state index is -4.48. The summed E-state index contributed by atoms with van der Waals surface area (Å²) >= 11 is 0. The van der Waals surface area contributed by atoms with E-state index in [0.29, 0.717) is 90.3 Å². The SMILES string of the molecule is CC[C@H](CCCN=C(N)N[N+](=O)[O-])CC(=O)[C@@H]1CC2c3cccc4c3c(cn4C(F)(F)F)C[C@H]2N(C)C1.CC[C@H](CCCNC(N)=NC)CC(=O)[C@@H]1CC2c3cccc4c3c(cn4C)C[C@H]2N(C)C1. The molecule has 8 rings (SSSR count). The van der Waals surface area contributed by atoms with Crippen LogP contribution in [-0.2, 0) is 35.8 Å². The number of halogens is 3. The van der Waals surface area contributed by atoms with Crippen LogP contribution >= 0.6 is 0 Å². The zero-order valence-electron chi connectivity index (χ0n) is 41.1. The second-order valence-electron chi connectivity index (χ2n) is 20.1. The van der Waals surface area contributed by atoms with E-state index in [-0.39, 0.29) is 47.0 Å². The number of fused-ring (bicyclic) bond motifs is 4. The maximum atomic E-state index is 13.7. The standard InChI is InChI=1S/C26H39N5O.C25H33F3N6O3/c1-5-17(8-7-11-29-26(27)28-2)12-24(32)18-13-21-20-9-6-10-22-25(20)19(16-30(22)3)14-23(21)31(4)15-18;1-3-15(6-5-9-30-24(29)31-34(36)37)10-22(35)16-11-19-18-7-4-8-20-23(18)17(12-21(19)32(2)13-16)14-33(20)25(26,27)28/h6,9-10,16-18,21,23H,5,7-8,11-15H2,1-4H3,(H3,27,28,29);4,7-8,14-16,19,21H,3,5-6,9-13H2,1-2H3,(H3,29,30,31)/t17-,18-,21?,23-;15-,16-,19?,21-/m11/s1. The summed E-state index contributed by atoms with van der Waals surface area (Å²) in [6, 6.07) is 12.4. The van der Waals surface area contributed by atoms with E-state index >= 15 is 0 Å². The van der Waals surface area contributed by atoms with Crippen LogP contribution in [0.5, 0.6) is 0 Å². The van der Waals surface area contributed by atoms with E-state index in [4.69, 9.17) is 11.5 Å². The second-order valence-corrected chi connectivity index (χ2v) is 20.1. The molecule has 2 saturated heterocycles. The fourth-order valence-electron chi connectivity index (χ4n) is 12.1. The first kappa shape index (κ1) is 51.4. The molecular formula is C51H72F3N11O4. The molecule has 69 heavy (non-hydrogen) atoms. The zero-order chi connectivity index (χ0) is 49.7. The molecule has 8 atom stereocenters. The Morgan fingerprint density at radius 1 is 0.812 bits per heavy atom. The van der Waals surface area contributed by atoms with Crippen LogP contribution in [0.3, 0.4) is 0 Å². The third-order valence-electron chi connectivity index (χ3n) is 15.8. The summed E-state index contributed by atoms with van der Waals surface area (Å²) in [5.74, 6) is 1.89. The van der Waals surface area contributed by atoms with Gasteiger partial charge >= 0.3 is 6.30 Å². The molecule has 2 aliphatic carbocycles. The number of piperidine rings is 2. The molecule has 2 aliphatic heterocycles. The molecular weight excluding hydrogens is 888 g/mol. The van der Waals surface area contributed by atoms with Crippen molar-refractivity contribution in [2.75, 3.05) is 47.3 Å². The van der Waals surface area contributed by atoms with Crippen LogP contribution in [0, 0.1) is 33.8 Å². The summed E-state index contributed by atoms with van der Waals surface area (Å²) in [5, 5.41) is 14.9. The van der Waals surface area contributed by atoms with E-state index in [9.17, 15) is 32.9 Å². The van der Waals surface area contributed by atoms with E-state index in [1.165, 1.54) is 34.3 Å². The number of carbonyl (C=O) groups is 2. The number of ketones is 2. The number of nitrogens with zero attached hydrogens (tertiary/aromatic N) is 7. The summed E-state index contributed by atoms with van der Waals surface area (Å²) in [5.41, 5.74) is 19.0. The summed E-state index contributed by atoms with van der Waals surface area (Å²) in [6.07, 6.45) is 8.75. The molecule has 18 heteroatoms. The number of hydrogen-bond donors (Lipinski definition) is 4. The lowest BCUT2D eigenvalue weighted by Gasteiger charge is -2.45. The van der Waals surface area contributed by atoms with Crippen molar-refractivity contribution < 1.29 is 27.8 Å². The van der Waals surface area contributed by atoms with Gasteiger partial charge < -0.3 is 31.2 Å². The van der Waals surface area contributed by atoms with E-state index in [2.05, 4.69) is 75.1 Å². The Kier molecular flexibility index (Phi) is 16.4. The average molecular weight is 960 g/mol. The Balaban J connectivity index is 0.000000206. The van der Waals surface area contributed by atoms with Crippen molar-refractivity contribution in [2.45, 2.75) is 121 Å². The number of nitrogens with two attached hydrogens (primary N) is 2. The molecule has 0 spiro atoms. The normalized spacial score (nSPS) is 23.7. The summed E-state index contributed by atoms with van der Waals surface area (Å²) in [4.78, 5) is 49.6. The first-order valence-electron chi connectivity index (χ1n) is 24.8. The number of carbonyl (C=O) groups excluding carboxylic acids is 2. The molecule has 2 aromatic carbocycles. The van der Waals surface area contributed by atoms with Gasteiger partial charge in [-0.05, 0) is 112 Å². The lowest BCUT2D eigenvalue weighted by atomic mass is 9.71. The molecule has 2 unspecified atom stereocenters. The molecule has 4 aliphatic rings. The van der Waals surface area contributed by atoms with Gasteiger partial charge in [0.2, 0.25) is 0 Å². The van der Waals surface area contributed by atoms with Crippen LogP contribution in [0.4, 0.5) is 13.2 Å². The van der Waals surface area contributed by atoms with E-state index in [0.717, 1.165) is 63.6 Å². The first-order valence-corrected chi connectivity index (χ1v) is 24.8. The number of hydrazine groups is 1. The summed E-state index contributed by atoms with van der Waals surface area (Å²) in [7, 11) is 8.01. The lowest BCUT2D eigenvalue weighted by molar-refractivity contribution is -0.525. The van der Waals surface area contributed by atoms with Crippen molar-refractivity contribution in [3.63, 3.8) is 0 Å². The third kappa shape index (κ3) is 11.6. The van der Waals surface area contributed by atoms with Crippen LogP contribution in [0.15, 0.2) is 58.8 Å². The van der Waals surface area contributed by atoms with E-state index in [1.54, 1.807) is 18.5 Å². The topological polar surface area (TPSA) is 194 Å². The van der Waals surface area contributed by atoms with Crippen molar-refractivity contribution in [1.82, 2.24) is 29.7 Å². The highest BCUT2D eigenvalue weighted by molar-refractivity contribution is 5.91. The van der Waals surface area contributed by atoms with Crippen molar-refractivity contribution in [3.8, 4) is 0 Å². The number of guanidine groups is 2. The zero-order valence-corrected chi connectivity index (χ0v) is 41.1. The fraction of sp³-hybridized carbons (Fsp3) is 0.608. The number of aryl methyl sites for hydroxylation is 1. The molecule has 0 saturated carbocycles. The van der Waals surface area contributed by atoms with Gasteiger partial charge in [0.25, 0.3) is 5.96 Å². The molecule has 4 heterocycles. The average Bonchev–Trinajstić information content (AvgIpc) is 3.86. The van der Waals surface area contributed by atoms with E-state index in [1.807, 2.05) is 20.0 Å². The number of aromatic nitrogens is 2. The molecule has 15 nitrogen and oxygen atoms in total. The Morgan fingerprint density at radius 2 is 1.33 bits per heavy atom. The molecule has 4 aromatic rings. The van der Waals surface area contributed by atoms with Crippen LogP contribution in [0.2, 0.25) is 0 Å². The quantitative estimate of drug-likeness (QED) is 0.0273. The van der Waals surface area contributed by atoms with Gasteiger partial charge in [0.1, 0.15) is 11.6 Å². The minimum absolute atomic E-state index is 0.000493. The number of likely N-dealkylation sites (N-methyl/N-ethyl adjacent to an activating group) is 2. The van der Waals surface area contributed by atoms with Crippen molar-refractivity contribution in [3.05, 3.63) is 81.2 Å². The van der Waals surface area contributed by atoms with Gasteiger partial charge in [-0.25, -0.2) is 15.1 Å². The number of benzene rings is 2.